The lowest BCUT2D eigenvalue weighted by Crippen LogP contribution is -2.04. The minimum absolute atomic E-state index is 0.0815. The third kappa shape index (κ3) is 2.95. The number of thiazole rings is 1. The molecule has 0 fully saturated rings. The Morgan fingerprint density at radius 1 is 1.44 bits per heavy atom. The fourth-order valence-electron chi connectivity index (χ4n) is 1.60. The van der Waals surface area contributed by atoms with Crippen molar-refractivity contribution in [2.24, 2.45) is 0 Å². The van der Waals surface area contributed by atoms with E-state index in [9.17, 15) is 8.78 Å². The zero-order valence-electron chi connectivity index (χ0n) is 9.78. The molecule has 0 radical (unpaired) electrons. The summed E-state index contributed by atoms with van der Waals surface area (Å²) in [7, 11) is 0. The van der Waals surface area contributed by atoms with Gasteiger partial charge in [0.05, 0.1) is 17.2 Å². The minimum Gasteiger partial charge on any atom is -0.399 e. The zero-order chi connectivity index (χ0) is 13.1. The molecule has 0 aliphatic rings. The molecule has 2 aromatic rings. The molecule has 0 unspecified atom stereocenters. The van der Waals surface area contributed by atoms with Crippen LogP contribution in [-0.4, -0.2) is 4.98 Å². The Morgan fingerprint density at radius 3 is 2.83 bits per heavy atom. The van der Waals surface area contributed by atoms with E-state index >= 15 is 0 Å². The summed E-state index contributed by atoms with van der Waals surface area (Å²) in [6, 6.07) is 4.45. The molecule has 1 aromatic heterocycles. The SMILES string of the molecule is Cc1nc(CNc2ccc(N)cc2C(F)F)cs1. The molecule has 3 N–H and O–H groups in total. The van der Waals surface area contributed by atoms with E-state index in [-0.39, 0.29) is 5.56 Å². The highest BCUT2D eigenvalue weighted by Gasteiger charge is 2.13. The first-order valence-corrected chi connectivity index (χ1v) is 6.26. The molecule has 1 aromatic carbocycles. The van der Waals surface area contributed by atoms with Crippen LogP contribution in [0.1, 0.15) is 22.7 Å². The van der Waals surface area contributed by atoms with Crippen molar-refractivity contribution < 1.29 is 8.78 Å². The van der Waals surface area contributed by atoms with Crippen molar-refractivity contribution in [3.63, 3.8) is 0 Å². The number of anilines is 2. The van der Waals surface area contributed by atoms with E-state index in [2.05, 4.69) is 10.3 Å². The summed E-state index contributed by atoms with van der Waals surface area (Å²) in [6.07, 6.45) is -2.55. The number of hydrogen-bond donors (Lipinski definition) is 2. The molecule has 0 saturated carbocycles. The van der Waals surface area contributed by atoms with Crippen LogP contribution in [0.25, 0.3) is 0 Å². The summed E-state index contributed by atoms with van der Waals surface area (Å²) in [4.78, 5) is 4.26. The number of rotatable bonds is 4. The number of hydrogen-bond acceptors (Lipinski definition) is 4. The second-order valence-corrected chi connectivity index (χ2v) is 4.92. The zero-order valence-corrected chi connectivity index (χ0v) is 10.6. The average molecular weight is 269 g/mol. The van der Waals surface area contributed by atoms with Crippen LogP contribution in [0.2, 0.25) is 0 Å². The predicted molar refractivity (Wildman–Crippen MR) is 70.0 cm³/mol. The third-order valence-corrected chi connectivity index (χ3v) is 3.26. The van der Waals surface area contributed by atoms with Gasteiger partial charge in [-0.15, -0.1) is 11.3 Å². The Labute approximate surface area is 108 Å². The number of nitrogens with two attached hydrogens (primary N) is 1. The van der Waals surface area contributed by atoms with E-state index < -0.39 is 6.43 Å². The normalized spacial score (nSPS) is 10.9. The van der Waals surface area contributed by atoms with Crippen molar-refractivity contribution >= 4 is 22.7 Å². The van der Waals surface area contributed by atoms with Gasteiger partial charge in [-0.2, -0.15) is 0 Å². The topological polar surface area (TPSA) is 50.9 Å². The molecule has 3 nitrogen and oxygen atoms in total. The van der Waals surface area contributed by atoms with Gasteiger partial charge in [-0.1, -0.05) is 0 Å². The molecular formula is C12H13F2N3S. The molecule has 6 heteroatoms. The largest absolute Gasteiger partial charge is 0.399 e. The van der Waals surface area contributed by atoms with Crippen LogP contribution in [0.3, 0.4) is 0 Å². The fraction of sp³-hybridized carbons (Fsp3) is 0.250. The van der Waals surface area contributed by atoms with Gasteiger partial charge in [0.2, 0.25) is 0 Å². The first kappa shape index (κ1) is 12.8. The Kier molecular flexibility index (Phi) is 3.76. The molecule has 0 saturated heterocycles. The molecule has 0 amide bonds. The molecule has 0 bridgehead atoms. The van der Waals surface area contributed by atoms with Crippen molar-refractivity contribution in [2.45, 2.75) is 19.9 Å². The Morgan fingerprint density at radius 2 is 2.22 bits per heavy atom. The van der Waals surface area contributed by atoms with Gasteiger partial charge in [0, 0.05) is 22.3 Å². The minimum atomic E-state index is -2.55. The highest BCUT2D eigenvalue weighted by molar-refractivity contribution is 7.09. The van der Waals surface area contributed by atoms with Crippen LogP contribution in [0.4, 0.5) is 20.2 Å². The summed E-state index contributed by atoms with van der Waals surface area (Å²) >= 11 is 1.53. The Bertz CT molecular complexity index is 540. The molecule has 18 heavy (non-hydrogen) atoms. The summed E-state index contributed by atoms with van der Waals surface area (Å²) in [5.74, 6) is 0. The molecular weight excluding hydrogens is 256 g/mol. The van der Waals surface area contributed by atoms with Crippen LogP contribution in [0.5, 0.6) is 0 Å². The lowest BCUT2D eigenvalue weighted by Gasteiger charge is -2.11. The van der Waals surface area contributed by atoms with Gasteiger partial charge in [0.25, 0.3) is 6.43 Å². The van der Waals surface area contributed by atoms with E-state index in [1.54, 1.807) is 12.1 Å². The van der Waals surface area contributed by atoms with Crippen LogP contribution in [-0.2, 0) is 6.54 Å². The van der Waals surface area contributed by atoms with Gasteiger partial charge in [-0.25, -0.2) is 13.8 Å². The number of aryl methyl sites for hydroxylation is 1. The summed E-state index contributed by atoms with van der Waals surface area (Å²) in [6.45, 7) is 2.33. The molecule has 1 heterocycles. The molecule has 0 atom stereocenters. The maximum absolute atomic E-state index is 12.8. The van der Waals surface area contributed by atoms with Gasteiger partial charge in [-0.05, 0) is 25.1 Å². The maximum atomic E-state index is 12.8. The van der Waals surface area contributed by atoms with Gasteiger partial charge < -0.3 is 11.1 Å². The third-order valence-electron chi connectivity index (χ3n) is 2.44. The predicted octanol–water partition coefficient (Wildman–Crippen LogP) is 3.58. The Hall–Kier alpha value is -1.69. The van der Waals surface area contributed by atoms with Crippen molar-refractivity contribution in [3.8, 4) is 0 Å². The van der Waals surface area contributed by atoms with E-state index in [1.165, 1.54) is 17.4 Å². The quantitative estimate of drug-likeness (QED) is 0.834. The van der Waals surface area contributed by atoms with Gasteiger partial charge >= 0.3 is 0 Å². The van der Waals surface area contributed by atoms with Crippen molar-refractivity contribution in [1.29, 1.82) is 0 Å². The standard InChI is InChI=1S/C12H13F2N3S/c1-7-17-9(6-18-7)5-16-11-3-2-8(15)4-10(11)12(13)14/h2-4,6,12,16H,5,15H2,1H3. The number of nitrogen functional groups attached to an aromatic ring is 1. The second kappa shape index (κ2) is 5.30. The molecule has 0 aliphatic carbocycles. The first-order chi connectivity index (χ1) is 8.56. The fourth-order valence-corrected chi connectivity index (χ4v) is 2.21. The van der Waals surface area contributed by atoms with Gasteiger partial charge in [-0.3, -0.25) is 0 Å². The number of nitrogens with zero attached hydrogens (tertiary/aromatic N) is 1. The van der Waals surface area contributed by atoms with E-state index in [4.69, 9.17) is 5.73 Å². The number of nitrogens with one attached hydrogen (secondary N) is 1. The lowest BCUT2D eigenvalue weighted by molar-refractivity contribution is 0.152. The molecule has 2 rings (SSSR count). The van der Waals surface area contributed by atoms with Crippen molar-refractivity contribution in [2.75, 3.05) is 11.1 Å². The monoisotopic (exact) mass is 269 g/mol. The number of aromatic nitrogens is 1. The van der Waals surface area contributed by atoms with Gasteiger partial charge in [0.1, 0.15) is 0 Å². The van der Waals surface area contributed by atoms with E-state index in [0.29, 0.717) is 17.9 Å². The highest BCUT2D eigenvalue weighted by atomic mass is 32.1. The van der Waals surface area contributed by atoms with Crippen molar-refractivity contribution in [1.82, 2.24) is 4.98 Å². The highest BCUT2D eigenvalue weighted by Crippen LogP contribution is 2.29. The van der Waals surface area contributed by atoms with Crippen LogP contribution < -0.4 is 11.1 Å². The van der Waals surface area contributed by atoms with Crippen LogP contribution >= 0.6 is 11.3 Å². The summed E-state index contributed by atoms with van der Waals surface area (Å²) < 4.78 is 25.7. The van der Waals surface area contributed by atoms with Crippen LogP contribution in [0, 0.1) is 6.92 Å². The van der Waals surface area contributed by atoms with Crippen LogP contribution in [0.15, 0.2) is 23.6 Å². The van der Waals surface area contributed by atoms with E-state index in [0.717, 1.165) is 10.7 Å². The summed E-state index contributed by atoms with van der Waals surface area (Å²) in [5.41, 5.74) is 6.99. The number of halogens is 2. The molecule has 96 valence electrons. The first-order valence-electron chi connectivity index (χ1n) is 5.38. The lowest BCUT2D eigenvalue weighted by atomic mass is 10.1. The average Bonchev–Trinajstić information content (AvgIpc) is 2.73. The molecule has 0 spiro atoms. The van der Waals surface area contributed by atoms with E-state index in [1.807, 2.05) is 12.3 Å². The number of benzene rings is 1. The smallest absolute Gasteiger partial charge is 0.265 e. The molecule has 0 aliphatic heterocycles. The second-order valence-electron chi connectivity index (χ2n) is 3.86. The Balaban J connectivity index is 2.13. The summed E-state index contributed by atoms with van der Waals surface area (Å²) in [5, 5.41) is 5.82. The maximum Gasteiger partial charge on any atom is 0.265 e. The van der Waals surface area contributed by atoms with Crippen molar-refractivity contribution in [3.05, 3.63) is 39.8 Å². The van der Waals surface area contributed by atoms with Gasteiger partial charge in [0.15, 0.2) is 0 Å². The number of alkyl halides is 2.